The number of aromatic nitrogens is 1. The Morgan fingerprint density at radius 1 is 1.67 bits per heavy atom. The molecular formula is C11H14N4O3. The smallest absolute Gasteiger partial charge is 0.337 e. The average Bonchev–Trinajstić information content (AvgIpc) is 2.33. The minimum absolute atomic E-state index is 0.00168. The van der Waals surface area contributed by atoms with Crippen molar-refractivity contribution in [2.24, 2.45) is 0 Å². The van der Waals surface area contributed by atoms with Crippen LogP contribution in [0.5, 0.6) is 0 Å². The second-order valence-corrected chi connectivity index (χ2v) is 4.10. The normalized spacial score (nSPS) is 19.5. The third-order valence-corrected chi connectivity index (χ3v) is 2.94. The SMILES string of the molecule is CC1C(=O)NCCN1c1cc(C(=O)O)c(N)cn1. The Morgan fingerprint density at radius 3 is 3.06 bits per heavy atom. The van der Waals surface area contributed by atoms with E-state index in [9.17, 15) is 9.59 Å². The van der Waals surface area contributed by atoms with Crippen molar-refractivity contribution < 1.29 is 14.7 Å². The van der Waals surface area contributed by atoms with Gasteiger partial charge in [0.15, 0.2) is 0 Å². The summed E-state index contributed by atoms with van der Waals surface area (Å²) < 4.78 is 0. The number of carbonyl (C=O) groups excluding carboxylic acids is 1. The van der Waals surface area contributed by atoms with Crippen molar-refractivity contribution in [2.75, 3.05) is 23.7 Å². The molecule has 1 aliphatic heterocycles. The van der Waals surface area contributed by atoms with E-state index >= 15 is 0 Å². The first-order valence-corrected chi connectivity index (χ1v) is 5.54. The average molecular weight is 250 g/mol. The highest BCUT2D eigenvalue weighted by atomic mass is 16.4. The number of nitrogen functional groups attached to an aromatic ring is 1. The van der Waals surface area contributed by atoms with E-state index < -0.39 is 5.97 Å². The van der Waals surface area contributed by atoms with Crippen LogP contribution in [0.2, 0.25) is 0 Å². The number of nitrogens with two attached hydrogens (primary N) is 1. The molecule has 1 aromatic heterocycles. The van der Waals surface area contributed by atoms with E-state index in [1.807, 2.05) is 0 Å². The standard InChI is InChI=1S/C11H14N4O3/c1-6-10(16)13-2-3-15(6)9-4-7(11(17)18)8(12)5-14-9/h4-6H,2-3,12H2,1H3,(H,13,16)(H,17,18). The third-order valence-electron chi connectivity index (χ3n) is 2.94. The van der Waals surface area contributed by atoms with Gasteiger partial charge < -0.3 is 21.1 Å². The molecule has 0 spiro atoms. The molecular weight excluding hydrogens is 236 g/mol. The number of carbonyl (C=O) groups is 2. The fourth-order valence-electron chi connectivity index (χ4n) is 1.89. The van der Waals surface area contributed by atoms with E-state index in [1.165, 1.54) is 12.3 Å². The monoisotopic (exact) mass is 250 g/mol. The molecule has 1 aliphatic rings. The van der Waals surface area contributed by atoms with Crippen molar-refractivity contribution in [1.82, 2.24) is 10.3 Å². The van der Waals surface area contributed by atoms with Gasteiger partial charge in [0.2, 0.25) is 5.91 Å². The second kappa shape index (κ2) is 4.52. The Labute approximate surface area is 104 Å². The summed E-state index contributed by atoms with van der Waals surface area (Å²) in [6.07, 6.45) is 1.30. The Hall–Kier alpha value is -2.31. The van der Waals surface area contributed by atoms with Crippen molar-refractivity contribution in [3.63, 3.8) is 0 Å². The molecule has 0 radical (unpaired) electrons. The van der Waals surface area contributed by atoms with Crippen LogP contribution in [0.3, 0.4) is 0 Å². The predicted molar refractivity (Wildman–Crippen MR) is 65.4 cm³/mol. The fourth-order valence-corrected chi connectivity index (χ4v) is 1.89. The number of carboxylic acids is 1. The number of piperazine rings is 1. The molecule has 1 unspecified atom stereocenters. The van der Waals surface area contributed by atoms with Crippen LogP contribution in [-0.4, -0.2) is 41.1 Å². The number of hydrogen-bond donors (Lipinski definition) is 3. The van der Waals surface area contributed by atoms with Gasteiger partial charge in [-0.2, -0.15) is 0 Å². The predicted octanol–water partition coefficient (Wildman–Crippen LogP) is -0.313. The van der Waals surface area contributed by atoms with Gasteiger partial charge in [-0.25, -0.2) is 9.78 Å². The molecule has 0 aliphatic carbocycles. The van der Waals surface area contributed by atoms with Crippen molar-refractivity contribution in [1.29, 1.82) is 0 Å². The Bertz CT molecular complexity index is 503. The largest absolute Gasteiger partial charge is 0.478 e. The highest BCUT2D eigenvalue weighted by molar-refractivity contribution is 5.94. The van der Waals surface area contributed by atoms with Crippen LogP contribution in [0.25, 0.3) is 0 Å². The van der Waals surface area contributed by atoms with Crippen LogP contribution in [0, 0.1) is 0 Å². The molecule has 2 heterocycles. The van der Waals surface area contributed by atoms with Crippen LogP contribution < -0.4 is 16.0 Å². The van der Waals surface area contributed by atoms with E-state index in [0.717, 1.165) is 0 Å². The van der Waals surface area contributed by atoms with Gasteiger partial charge in [-0.3, -0.25) is 4.79 Å². The summed E-state index contributed by atoms with van der Waals surface area (Å²) in [5.41, 5.74) is 5.65. The molecule has 1 atom stereocenters. The number of aromatic carboxylic acids is 1. The van der Waals surface area contributed by atoms with Gasteiger partial charge >= 0.3 is 5.97 Å². The van der Waals surface area contributed by atoms with Crippen LogP contribution >= 0.6 is 0 Å². The van der Waals surface area contributed by atoms with Crippen molar-refractivity contribution in [3.8, 4) is 0 Å². The lowest BCUT2D eigenvalue weighted by molar-refractivity contribution is -0.122. The van der Waals surface area contributed by atoms with E-state index in [0.29, 0.717) is 18.9 Å². The van der Waals surface area contributed by atoms with E-state index in [1.54, 1.807) is 11.8 Å². The lowest BCUT2D eigenvalue weighted by Gasteiger charge is -2.33. The zero-order chi connectivity index (χ0) is 13.3. The van der Waals surface area contributed by atoms with Gasteiger partial charge in [0.1, 0.15) is 11.9 Å². The lowest BCUT2D eigenvalue weighted by atomic mass is 10.1. The second-order valence-electron chi connectivity index (χ2n) is 4.10. The molecule has 7 nitrogen and oxygen atoms in total. The number of nitrogens with one attached hydrogen (secondary N) is 1. The first-order chi connectivity index (χ1) is 8.50. The first kappa shape index (κ1) is 12.2. The highest BCUT2D eigenvalue weighted by Crippen LogP contribution is 2.21. The third kappa shape index (κ3) is 2.06. The van der Waals surface area contributed by atoms with Crippen LogP contribution in [-0.2, 0) is 4.79 Å². The molecule has 0 bridgehead atoms. The maximum absolute atomic E-state index is 11.5. The summed E-state index contributed by atoms with van der Waals surface area (Å²) in [7, 11) is 0. The minimum Gasteiger partial charge on any atom is -0.478 e. The molecule has 7 heteroatoms. The summed E-state index contributed by atoms with van der Waals surface area (Å²) in [6, 6.07) is 1.02. The van der Waals surface area contributed by atoms with Crippen LogP contribution in [0.4, 0.5) is 11.5 Å². The van der Waals surface area contributed by atoms with Crippen LogP contribution in [0.1, 0.15) is 17.3 Å². The van der Waals surface area contributed by atoms with E-state index in [4.69, 9.17) is 10.8 Å². The van der Waals surface area contributed by atoms with Crippen molar-refractivity contribution in [2.45, 2.75) is 13.0 Å². The Kier molecular flexibility index (Phi) is 3.05. The highest BCUT2D eigenvalue weighted by Gasteiger charge is 2.27. The van der Waals surface area contributed by atoms with Gasteiger partial charge in [0.25, 0.3) is 0 Å². The lowest BCUT2D eigenvalue weighted by Crippen LogP contribution is -2.54. The molecule has 18 heavy (non-hydrogen) atoms. The fraction of sp³-hybridized carbons (Fsp3) is 0.364. The molecule has 1 fully saturated rings. The first-order valence-electron chi connectivity index (χ1n) is 5.54. The quantitative estimate of drug-likeness (QED) is 0.664. The molecule has 0 saturated carbocycles. The van der Waals surface area contributed by atoms with Crippen molar-refractivity contribution >= 4 is 23.4 Å². The molecule has 0 aromatic carbocycles. The number of anilines is 2. The summed E-state index contributed by atoms with van der Waals surface area (Å²) in [5.74, 6) is -0.758. The van der Waals surface area contributed by atoms with Gasteiger partial charge in [-0.15, -0.1) is 0 Å². The maximum atomic E-state index is 11.5. The Balaban J connectivity index is 2.36. The van der Waals surface area contributed by atoms with Crippen LogP contribution in [0.15, 0.2) is 12.3 Å². The summed E-state index contributed by atoms with van der Waals surface area (Å²) in [4.78, 5) is 28.4. The number of rotatable bonds is 2. The molecule has 1 aromatic rings. The van der Waals surface area contributed by atoms with E-state index in [2.05, 4.69) is 10.3 Å². The number of nitrogens with zero attached hydrogens (tertiary/aromatic N) is 2. The molecule has 96 valence electrons. The van der Waals surface area contributed by atoms with E-state index in [-0.39, 0.29) is 23.2 Å². The number of hydrogen-bond acceptors (Lipinski definition) is 5. The molecule has 2 rings (SSSR count). The maximum Gasteiger partial charge on any atom is 0.337 e. The number of amides is 1. The molecule has 4 N–H and O–H groups in total. The minimum atomic E-state index is -1.11. The zero-order valence-corrected chi connectivity index (χ0v) is 9.88. The van der Waals surface area contributed by atoms with Gasteiger partial charge in [-0.1, -0.05) is 0 Å². The zero-order valence-electron chi connectivity index (χ0n) is 9.88. The number of carboxylic acid groups (broad SMARTS) is 1. The molecule has 1 saturated heterocycles. The topological polar surface area (TPSA) is 109 Å². The molecule has 1 amide bonds. The Morgan fingerprint density at radius 2 is 2.39 bits per heavy atom. The van der Waals surface area contributed by atoms with Gasteiger partial charge in [-0.05, 0) is 13.0 Å². The van der Waals surface area contributed by atoms with Gasteiger partial charge in [0, 0.05) is 13.1 Å². The van der Waals surface area contributed by atoms with Crippen molar-refractivity contribution in [3.05, 3.63) is 17.8 Å². The van der Waals surface area contributed by atoms with Gasteiger partial charge in [0.05, 0.1) is 17.4 Å². The summed E-state index contributed by atoms with van der Waals surface area (Å²) in [5, 5.41) is 11.7. The summed E-state index contributed by atoms with van der Waals surface area (Å²) >= 11 is 0. The summed E-state index contributed by atoms with van der Waals surface area (Å²) in [6.45, 7) is 2.84. The number of pyridine rings is 1.